The van der Waals surface area contributed by atoms with Gasteiger partial charge in [0.15, 0.2) is 5.82 Å². The molecule has 2 aromatic carbocycles. The molecule has 6 nitrogen and oxygen atoms in total. The second-order valence-electron chi connectivity index (χ2n) is 8.70. The predicted molar refractivity (Wildman–Crippen MR) is 122 cm³/mol. The van der Waals surface area contributed by atoms with Gasteiger partial charge in [-0.2, -0.15) is 0 Å². The van der Waals surface area contributed by atoms with Crippen molar-refractivity contribution in [2.45, 2.75) is 40.2 Å². The fraction of sp³-hybridized carbons (Fsp3) is 0.333. The number of aryl methyl sites for hydroxylation is 1. The first-order valence-electron chi connectivity index (χ1n) is 10.2. The number of hydrogen-bond donors (Lipinski definition) is 0. The summed E-state index contributed by atoms with van der Waals surface area (Å²) in [6.07, 6.45) is 0.240. The molecule has 0 bridgehead atoms. The molecule has 1 aromatic heterocycles. The molecule has 160 valence electrons. The van der Waals surface area contributed by atoms with Gasteiger partial charge in [-0.05, 0) is 37.3 Å². The van der Waals surface area contributed by atoms with Crippen molar-refractivity contribution in [3.8, 4) is 11.4 Å². The lowest BCUT2D eigenvalue weighted by Crippen LogP contribution is -2.23. The normalized spacial score (nSPS) is 15.5. The van der Waals surface area contributed by atoms with E-state index in [1.807, 2.05) is 74.7 Å². The maximum absolute atomic E-state index is 13.0. The summed E-state index contributed by atoms with van der Waals surface area (Å²) in [5, 5.41) is 9.36. The highest BCUT2D eigenvalue weighted by molar-refractivity contribution is 6.30. The van der Waals surface area contributed by atoms with Crippen molar-refractivity contribution in [3.05, 3.63) is 70.3 Å². The largest absolute Gasteiger partial charge is 0.497 e. The zero-order valence-corrected chi connectivity index (χ0v) is 19.1. The molecule has 7 heteroatoms. The highest BCUT2D eigenvalue weighted by atomic mass is 35.5. The first-order chi connectivity index (χ1) is 14.7. The van der Waals surface area contributed by atoms with Crippen molar-refractivity contribution in [1.82, 2.24) is 14.8 Å². The SMILES string of the molecule is COc1ccc2c(c1)C(c1ccc(Cl)cc1)=N[C@@H](CC(=O)C(C)(C)C)c1nnc(C)n1-2. The number of aromatic nitrogens is 3. The van der Waals surface area contributed by atoms with Crippen LogP contribution in [0.2, 0.25) is 5.02 Å². The Hall–Kier alpha value is -2.99. The number of ketones is 1. The number of rotatable bonds is 4. The molecule has 0 spiro atoms. The predicted octanol–water partition coefficient (Wildman–Crippen LogP) is 5.14. The van der Waals surface area contributed by atoms with Gasteiger partial charge in [0, 0.05) is 28.0 Å². The number of ether oxygens (including phenoxy) is 1. The molecule has 0 saturated carbocycles. The van der Waals surface area contributed by atoms with E-state index in [-0.39, 0.29) is 12.2 Å². The molecular formula is C24H25ClN4O2. The van der Waals surface area contributed by atoms with Gasteiger partial charge in [0.25, 0.3) is 0 Å². The third-order valence-electron chi connectivity index (χ3n) is 5.47. The lowest BCUT2D eigenvalue weighted by atomic mass is 9.87. The number of carbonyl (C=O) groups is 1. The second-order valence-corrected chi connectivity index (χ2v) is 9.14. The first kappa shape index (κ1) is 21.2. The van der Waals surface area contributed by atoms with Gasteiger partial charge in [-0.1, -0.05) is 44.5 Å². The van der Waals surface area contributed by atoms with Crippen LogP contribution in [0, 0.1) is 12.3 Å². The molecule has 0 fully saturated rings. The molecular weight excluding hydrogens is 412 g/mol. The van der Waals surface area contributed by atoms with E-state index in [1.165, 1.54) is 0 Å². The van der Waals surface area contributed by atoms with E-state index in [4.69, 9.17) is 21.3 Å². The Morgan fingerprint density at radius 3 is 2.48 bits per heavy atom. The van der Waals surface area contributed by atoms with Crippen molar-refractivity contribution in [1.29, 1.82) is 0 Å². The summed E-state index contributed by atoms with van der Waals surface area (Å²) in [4.78, 5) is 18.0. The highest BCUT2D eigenvalue weighted by Gasteiger charge is 2.32. The fourth-order valence-corrected chi connectivity index (χ4v) is 3.78. The summed E-state index contributed by atoms with van der Waals surface area (Å²) >= 11 is 6.13. The number of hydrogen-bond acceptors (Lipinski definition) is 5. The summed E-state index contributed by atoms with van der Waals surface area (Å²) in [5.41, 5.74) is 2.98. The van der Waals surface area contributed by atoms with Crippen LogP contribution in [0.1, 0.15) is 56.0 Å². The van der Waals surface area contributed by atoms with Crippen LogP contribution in [0.15, 0.2) is 47.5 Å². The molecule has 2 heterocycles. The average molecular weight is 437 g/mol. The summed E-state index contributed by atoms with van der Waals surface area (Å²) in [5.74, 6) is 2.23. The Balaban J connectivity index is 1.97. The minimum absolute atomic E-state index is 0.118. The number of halogens is 1. The standard InChI is InChI=1S/C24H25ClN4O2/c1-14-27-28-23-19(13-21(30)24(2,3)4)26-22(15-6-8-16(25)9-7-15)18-12-17(31-5)10-11-20(18)29(14)23/h6-12,19H,13H2,1-5H3/t19-/m0/s1. The van der Waals surface area contributed by atoms with E-state index in [1.54, 1.807) is 7.11 Å². The summed E-state index contributed by atoms with van der Waals surface area (Å²) < 4.78 is 7.48. The molecule has 1 aliphatic rings. The fourth-order valence-electron chi connectivity index (χ4n) is 3.66. The molecule has 1 aliphatic heterocycles. The van der Waals surface area contributed by atoms with E-state index in [0.717, 1.165) is 34.1 Å². The van der Waals surface area contributed by atoms with Crippen LogP contribution < -0.4 is 4.74 Å². The van der Waals surface area contributed by atoms with Crippen LogP contribution in [0.5, 0.6) is 5.75 Å². The molecule has 0 unspecified atom stereocenters. The summed E-state index contributed by atoms with van der Waals surface area (Å²) in [6, 6.07) is 12.9. The van der Waals surface area contributed by atoms with Crippen LogP contribution in [0.4, 0.5) is 0 Å². The zero-order chi connectivity index (χ0) is 22.3. The van der Waals surface area contributed by atoms with Crippen molar-refractivity contribution in [2.24, 2.45) is 10.4 Å². The van der Waals surface area contributed by atoms with Gasteiger partial charge in [0.05, 0.1) is 18.5 Å². The maximum atomic E-state index is 13.0. The Bertz CT molecular complexity index is 1170. The highest BCUT2D eigenvalue weighted by Crippen LogP contribution is 2.35. The molecule has 4 rings (SSSR count). The molecule has 0 N–H and O–H groups in total. The van der Waals surface area contributed by atoms with Crippen molar-refractivity contribution in [2.75, 3.05) is 7.11 Å². The van der Waals surface area contributed by atoms with Gasteiger partial charge in [-0.3, -0.25) is 14.4 Å². The van der Waals surface area contributed by atoms with E-state index in [2.05, 4.69) is 10.2 Å². The van der Waals surface area contributed by atoms with Crippen molar-refractivity contribution in [3.63, 3.8) is 0 Å². The molecule has 0 radical (unpaired) electrons. The minimum atomic E-state index is -0.474. The Morgan fingerprint density at radius 2 is 1.84 bits per heavy atom. The third kappa shape index (κ3) is 4.00. The van der Waals surface area contributed by atoms with E-state index in [0.29, 0.717) is 10.8 Å². The molecule has 0 saturated heterocycles. The molecule has 1 atom stereocenters. The van der Waals surface area contributed by atoms with Crippen LogP contribution in [-0.2, 0) is 4.79 Å². The van der Waals surface area contributed by atoms with Crippen LogP contribution >= 0.6 is 11.6 Å². The molecule has 0 aliphatic carbocycles. The molecule has 0 amide bonds. The third-order valence-corrected chi connectivity index (χ3v) is 5.72. The average Bonchev–Trinajstić information content (AvgIpc) is 3.05. The summed E-state index contributed by atoms with van der Waals surface area (Å²) in [7, 11) is 1.64. The number of Topliss-reactive ketones (excluding diaryl/α,β-unsaturated/α-hetero) is 1. The van der Waals surface area contributed by atoms with Gasteiger partial charge < -0.3 is 4.74 Å². The van der Waals surface area contributed by atoms with Gasteiger partial charge in [-0.15, -0.1) is 10.2 Å². The summed E-state index contributed by atoms with van der Waals surface area (Å²) in [6.45, 7) is 7.67. The number of nitrogens with zero attached hydrogens (tertiary/aromatic N) is 4. The monoisotopic (exact) mass is 436 g/mol. The van der Waals surface area contributed by atoms with Crippen molar-refractivity contribution < 1.29 is 9.53 Å². The lowest BCUT2D eigenvalue weighted by Gasteiger charge is -2.19. The number of fused-ring (bicyclic) bond motifs is 3. The van der Waals surface area contributed by atoms with Gasteiger partial charge in [-0.25, -0.2) is 0 Å². The zero-order valence-electron chi connectivity index (χ0n) is 18.3. The lowest BCUT2D eigenvalue weighted by molar-refractivity contribution is -0.126. The topological polar surface area (TPSA) is 69.4 Å². The van der Waals surface area contributed by atoms with Crippen LogP contribution in [0.25, 0.3) is 5.69 Å². The Morgan fingerprint density at radius 1 is 1.13 bits per heavy atom. The van der Waals surface area contributed by atoms with E-state index >= 15 is 0 Å². The van der Waals surface area contributed by atoms with Crippen LogP contribution in [0.3, 0.4) is 0 Å². The number of aliphatic imine (C=N–C) groups is 1. The van der Waals surface area contributed by atoms with Gasteiger partial charge in [0.2, 0.25) is 0 Å². The first-order valence-corrected chi connectivity index (χ1v) is 10.5. The molecule has 31 heavy (non-hydrogen) atoms. The molecule has 3 aromatic rings. The number of benzene rings is 2. The maximum Gasteiger partial charge on any atom is 0.162 e. The van der Waals surface area contributed by atoms with Crippen LogP contribution in [-0.4, -0.2) is 33.4 Å². The Labute approximate surface area is 186 Å². The Kier molecular flexibility index (Phi) is 5.43. The van der Waals surface area contributed by atoms with Crippen molar-refractivity contribution >= 4 is 23.1 Å². The minimum Gasteiger partial charge on any atom is -0.497 e. The number of methoxy groups -OCH3 is 1. The quantitative estimate of drug-likeness (QED) is 0.568. The smallest absolute Gasteiger partial charge is 0.162 e. The second kappa shape index (κ2) is 7.93. The van der Waals surface area contributed by atoms with Gasteiger partial charge in [0.1, 0.15) is 23.4 Å². The van der Waals surface area contributed by atoms with Gasteiger partial charge >= 0.3 is 0 Å². The number of carbonyl (C=O) groups excluding carboxylic acids is 1. The van der Waals surface area contributed by atoms with E-state index in [9.17, 15) is 4.79 Å². The van der Waals surface area contributed by atoms with E-state index < -0.39 is 11.5 Å².